The molecule has 0 bridgehead atoms. The minimum Gasteiger partial charge on any atom is -0.478 e. The van der Waals surface area contributed by atoms with E-state index in [1.807, 2.05) is 0 Å². The smallest absolute Gasteiger partial charge is 0.416 e. The number of alkyl halides is 3. The molecule has 0 fully saturated rings. The van der Waals surface area contributed by atoms with Crippen molar-refractivity contribution in [3.05, 3.63) is 45.9 Å². The van der Waals surface area contributed by atoms with Crippen LogP contribution in [0.5, 0.6) is 0 Å². The molecule has 0 spiro atoms. The number of benzene rings is 1. The van der Waals surface area contributed by atoms with Gasteiger partial charge in [0.1, 0.15) is 5.01 Å². The maximum absolute atomic E-state index is 12.6. The van der Waals surface area contributed by atoms with Gasteiger partial charge in [-0.25, -0.2) is 9.78 Å². The molecule has 20 heavy (non-hydrogen) atoms. The normalized spacial score (nSPS) is 11.3. The highest BCUT2D eigenvalue weighted by atomic mass is 32.1. The Morgan fingerprint density at radius 2 is 2.15 bits per heavy atom. The molecular formula is C12H9F3N2O2S. The summed E-state index contributed by atoms with van der Waals surface area (Å²) >= 11 is 1.36. The number of nitrogens with zero attached hydrogens (tertiary/aromatic N) is 1. The fourth-order valence-corrected chi connectivity index (χ4v) is 2.12. The number of carbonyl (C=O) groups is 1. The van der Waals surface area contributed by atoms with Gasteiger partial charge in [0.25, 0.3) is 0 Å². The van der Waals surface area contributed by atoms with Crippen LogP contribution in [-0.2, 0) is 12.7 Å². The second-order valence-corrected chi connectivity index (χ2v) is 4.82. The molecule has 0 saturated carbocycles. The number of aromatic carboxylic acids is 1. The fourth-order valence-electron chi connectivity index (χ4n) is 1.56. The number of rotatable bonds is 4. The highest BCUT2D eigenvalue weighted by Crippen LogP contribution is 2.32. The van der Waals surface area contributed by atoms with Crippen molar-refractivity contribution in [2.45, 2.75) is 12.7 Å². The summed E-state index contributed by atoms with van der Waals surface area (Å²) in [6.45, 7) is 0.253. The Balaban J connectivity index is 2.26. The Bertz CT molecular complexity index is 612. The standard InChI is InChI=1S/C12H9F3N2O2S/c13-12(14,15)7-1-2-9(8(5-7)11(18)19)17-6-10-16-3-4-20-10/h1-5,17H,6H2,(H,18,19). The summed E-state index contributed by atoms with van der Waals surface area (Å²) in [5.74, 6) is -1.42. The van der Waals surface area contributed by atoms with Crippen molar-refractivity contribution in [2.75, 3.05) is 5.32 Å². The van der Waals surface area contributed by atoms with Crippen LogP contribution in [0.4, 0.5) is 18.9 Å². The molecule has 106 valence electrons. The molecule has 0 radical (unpaired) electrons. The third-order valence-corrected chi connectivity index (χ3v) is 3.27. The van der Waals surface area contributed by atoms with Crippen LogP contribution in [0.25, 0.3) is 0 Å². The summed E-state index contributed by atoms with van der Waals surface area (Å²) in [6, 6.07) is 2.57. The fraction of sp³-hybridized carbons (Fsp3) is 0.167. The molecule has 0 aliphatic carbocycles. The molecule has 8 heteroatoms. The molecule has 0 aliphatic rings. The molecule has 1 aromatic carbocycles. The zero-order valence-electron chi connectivity index (χ0n) is 9.94. The van der Waals surface area contributed by atoms with E-state index in [0.717, 1.165) is 12.1 Å². The van der Waals surface area contributed by atoms with Gasteiger partial charge >= 0.3 is 12.1 Å². The second-order valence-electron chi connectivity index (χ2n) is 3.84. The van der Waals surface area contributed by atoms with Crippen molar-refractivity contribution < 1.29 is 23.1 Å². The van der Waals surface area contributed by atoms with E-state index in [2.05, 4.69) is 10.3 Å². The topological polar surface area (TPSA) is 62.2 Å². The first-order valence-corrected chi connectivity index (χ1v) is 6.32. The molecule has 2 rings (SSSR count). The van der Waals surface area contributed by atoms with Crippen LogP contribution < -0.4 is 5.32 Å². The lowest BCUT2D eigenvalue weighted by atomic mass is 10.1. The van der Waals surface area contributed by atoms with Crippen molar-refractivity contribution in [3.63, 3.8) is 0 Å². The minimum absolute atomic E-state index is 0.126. The van der Waals surface area contributed by atoms with Gasteiger partial charge in [0.05, 0.1) is 17.7 Å². The number of nitrogens with one attached hydrogen (secondary N) is 1. The van der Waals surface area contributed by atoms with Crippen molar-refractivity contribution in [1.29, 1.82) is 0 Å². The highest BCUT2D eigenvalue weighted by Gasteiger charge is 2.31. The molecule has 0 saturated heterocycles. The molecule has 1 aromatic heterocycles. The van der Waals surface area contributed by atoms with Crippen molar-refractivity contribution in [1.82, 2.24) is 4.98 Å². The van der Waals surface area contributed by atoms with Crippen LogP contribution in [0.3, 0.4) is 0 Å². The van der Waals surface area contributed by atoms with Gasteiger partial charge in [-0.15, -0.1) is 11.3 Å². The third kappa shape index (κ3) is 3.27. The molecule has 2 aromatic rings. The van der Waals surface area contributed by atoms with Gasteiger partial charge in [-0.2, -0.15) is 13.2 Å². The van der Waals surface area contributed by atoms with Gasteiger partial charge in [0.15, 0.2) is 0 Å². The summed E-state index contributed by atoms with van der Waals surface area (Å²) in [5, 5.41) is 14.2. The Labute approximate surface area is 115 Å². The van der Waals surface area contributed by atoms with Crippen LogP contribution in [0.2, 0.25) is 0 Å². The van der Waals surface area contributed by atoms with Crippen LogP contribution in [0.1, 0.15) is 20.9 Å². The zero-order valence-corrected chi connectivity index (χ0v) is 10.8. The lowest BCUT2D eigenvalue weighted by molar-refractivity contribution is -0.137. The first-order valence-electron chi connectivity index (χ1n) is 5.44. The number of carboxylic acid groups (broad SMARTS) is 1. The summed E-state index contributed by atoms with van der Waals surface area (Å²) < 4.78 is 37.7. The molecule has 0 atom stereocenters. The van der Waals surface area contributed by atoms with E-state index in [9.17, 15) is 18.0 Å². The Morgan fingerprint density at radius 1 is 1.40 bits per heavy atom. The molecule has 0 amide bonds. The maximum atomic E-state index is 12.6. The van der Waals surface area contributed by atoms with Crippen molar-refractivity contribution in [2.24, 2.45) is 0 Å². The van der Waals surface area contributed by atoms with E-state index in [4.69, 9.17) is 5.11 Å². The van der Waals surface area contributed by atoms with E-state index in [1.165, 1.54) is 11.3 Å². The summed E-state index contributed by atoms with van der Waals surface area (Å²) in [7, 11) is 0. The Morgan fingerprint density at radius 3 is 2.70 bits per heavy atom. The van der Waals surface area contributed by atoms with Crippen LogP contribution in [0, 0.1) is 0 Å². The molecule has 4 nitrogen and oxygen atoms in total. The molecular weight excluding hydrogens is 293 g/mol. The molecule has 1 heterocycles. The number of anilines is 1. The van der Waals surface area contributed by atoms with Crippen molar-refractivity contribution in [3.8, 4) is 0 Å². The molecule has 2 N–H and O–H groups in total. The maximum Gasteiger partial charge on any atom is 0.416 e. The van der Waals surface area contributed by atoms with E-state index < -0.39 is 23.3 Å². The zero-order chi connectivity index (χ0) is 14.8. The monoisotopic (exact) mass is 302 g/mol. The van der Waals surface area contributed by atoms with Gasteiger partial charge in [-0.1, -0.05) is 0 Å². The molecule has 0 unspecified atom stereocenters. The number of hydrogen-bond acceptors (Lipinski definition) is 4. The van der Waals surface area contributed by atoms with Gasteiger partial charge in [-0.05, 0) is 18.2 Å². The van der Waals surface area contributed by atoms with E-state index in [1.54, 1.807) is 11.6 Å². The SMILES string of the molecule is O=C(O)c1cc(C(F)(F)F)ccc1NCc1nccs1. The van der Waals surface area contributed by atoms with Gasteiger partial charge in [0.2, 0.25) is 0 Å². The average Bonchev–Trinajstić information content (AvgIpc) is 2.88. The van der Waals surface area contributed by atoms with Gasteiger partial charge < -0.3 is 10.4 Å². The first-order chi connectivity index (χ1) is 9.38. The quantitative estimate of drug-likeness (QED) is 0.907. The van der Waals surface area contributed by atoms with Crippen LogP contribution in [-0.4, -0.2) is 16.1 Å². The summed E-state index contributed by atoms with van der Waals surface area (Å²) in [5.41, 5.74) is -1.29. The third-order valence-electron chi connectivity index (χ3n) is 2.49. The lowest BCUT2D eigenvalue weighted by Gasteiger charge is -2.12. The van der Waals surface area contributed by atoms with Crippen molar-refractivity contribution >= 4 is 23.0 Å². The van der Waals surface area contributed by atoms with E-state index >= 15 is 0 Å². The van der Waals surface area contributed by atoms with Gasteiger partial charge in [-0.3, -0.25) is 0 Å². The average molecular weight is 302 g/mol. The number of thiazole rings is 1. The largest absolute Gasteiger partial charge is 0.478 e. The van der Waals surface area contributed by atoms with E-state index in [-0.39, 0.29) is 12.2 Å². The van der Waals surface area contributed by atoms with E-state index in [0.29, 0.717) is 11.1 Å². The van der Waals surface area contributed by atoms with Gasteiger partial charge in [0, 0.05) is 17.3 Å². The number of aromatic nitrogens is 1. The first kappa shape index (κ1) is 14.3. The predicted octanol–water partition coefficient (Wildman–Crippen LogP) is 3.47. The lowest BCUT2D eigenvalue weighted by Crippen LogP contribution is -2.11. The number of halogens is 3. The molecule has 0 aliphatic heterocycles. The minimum atomic E-state index is -4.57. The summed E-state index contributed by atoms with van der Waals surface area (Å²) in [4.78, 5) is 15.0. The van der Waals surface area contributed by atoms with Crippen LogP contribution >= 0.6 is 11.3 Å². The predicted molar refractivity (Wildman–Crippen MR) is 67.8 cm³/mol. The Hall–Kier alpha value is -2.09. The van der Waals surface area contributed by atoms with Crippen LogP contribution in [0.15, 0.2) is 29.8 Å². The highest BCUT2D eigenvalue weighted by molar-refractivity contribution is 7.09. The number of hydrogen-bond donors (Lipinski definition) is 2. The second kappa shape index (κ2) is 5.49. The number of carboxylic acids is 1. The Kier molecular flexibility index (Phi) is 3.93. The summed E-state index contributed by atoms with van der Waals surface area (Å²) in [6.07, 6.45) is -2.98.